The highest BCUT2D eigenvalue weighted by Gasteiger charge is 2.26. The van der Waals surface area contributed by atoms with Crippen molar-refractivity contribution in [2.45, 2.75) is 25.6 Å². The zero-order valence-electron chi connectivity index (χ0n) is 10.7. The number of alkyl halides is 1. The number of hydrogen-bond donors (Lipinski definition) is 0. The SMILES string of the molecule is Cc1cc2c(N3CCC(Cl)C(C)C3)nccn2n1. The van der Waals surface area contributed by atoms with Gasteiger partial charge in [-0.1, -0.05) is 6.92 Å². The molecule has 0 spiro atoms. The van der Waals surface area contributed by atoms with E-state index in [2.05, 4.69) is 28.0 Å². The summed E-state index contributed by atoms with van der Waals surface area (Å²) in [7, 11) is 0. The van der Waals surface area contributed by atoms with Gasteiger partial charge < -0.3 is 4.90 Å². The van der Waals surface area contributed by atoms with Gasteiger partial charge in [-0.15, -0.1) is 11.6 Å². The molecule has 1 aliphatic rings. The Morgan fingerprint density at radius 2 is 2.28 bits per heavy atom. The average molecular weight is 265 g/mol. The largest absolute Gasteiger partial charge is 0.354 e. The molecule has 0 N–H and O–H groups in total. The highest BCUT2D eigenvalue weighted by Crippen LogP contribution is 2.27. The molecule has 0 radical (unpaired) electrons. The number of rotatable bonds is 1. The van der Waals surface area contributed by atoms with Crippen molar-refractivity contribution in [3.8, 4) is 0 Å². The summed E-state index contributed by atoms with van der Waals surface area (Å²) in [6, 6.07) is 2.08. The lowest BCUT2D eigenvalue weighted by molar-refractivity contribution is 0.452. The second kappa shape index (κ2) is 4.43. The van der Waals surface area contributed by atoms with E-state index >= 15 is 0 Å². The topological polar surface area (TPSA) is 33.4 Å². The summed E-state index contributed by atoms with van der Waals surface area (Å²) in [6.07, 6.45) is 4.72. The number of nitrogens with zero attached hydrogens (tertiary/aromatic N) is 4. The molecule has 1 fully saturated rings. The summed E-state index contributed by atoms with van der Waals surface area (Å²) in [5, 5.41) is 4.71. The van der Waals surface area contributed by atoms with Gasteiger partial charge in [0.1, 0.15) is 5.52 Å². The molecule has 1 aliphatic heterocycles. The van der Waals surface area contributed by atoms with Crippen molar-refractivity contribution in [3.05, 3.63) is 24.2 Å². The number of halogens is 1. The Balaban J connectivity index is 1.99. The fraction of sp³-hybridized carbons (Fsp3) is 0.538. The smallest absolute Gasteiger partial charge is 0.154 e. The molecule has 2 aromatic rings. The van der Waals surface area contributed by atoms with Crippen molar-refractivity contribution < 1.29 is 0 Å². The summed E-state index contributed by atoms with van der Waals surface area (Å²) >= 11 is 6.28. The monoisotopic (exact) mass is 264 g/mol. The lowest BCUT2D eigenvalue weighted by Gasteiger charge is -2.35. The minimum Gasteiger partial charge on any atom is -0.354 e. The Morgan fingerprint density at radius 3 is 3.06 bits per heavy atom. The van der Waals surface area contributed by atoms with Crippen LogP contribution in [0, 0.1) is 12.8 Å². The normalized spacial score (nSPS) is 24.7. The zero-order chi connectivity index (χ0) is 12.7. The maximum Gasteiger partial charge on any atom is 0.154 e. The molecule has 0 amide bonds. The second-order valence-electron chi connectivity index (χ2n) is 5.09. The van der Waals surface area contributed by atoms with Gasteiger partial charge in [-0.3, -0.25) is 0 Å². The second-order valence-corrected chi connectivity index (χ2v) is 5.65. The van der Waals surface area contributed by atoms with Gasteiger partial charge >= 0.3 is 0 Å². The summed E-state index contributed by atoms with van der Waals surface area (Å²) in [5.74, 6) is 1.51. The van der Waals surface area contributed by atoms with Crippen molar-refractivity contribution in [1.29, 1.82) is 0 Å². The summed E-state index contributed by atoms with van der Waals surface area (Å²) in [5.41, 5.74) is 2.10. The predicted octanol–water partition coefficient (Wildman–Crippen LogP) is 2.49. The molecule has 2 unspecified atom stereocenters. The van der Waals surface area contributed by atoms with E-state index in [0.29, 0.717) is 5.92 Å². The van der Waals surface area contributed by atoms with Crippen LogP contribution in [0.5, 0.6) is 0 Å². The number of hydrogen-bond acceptors (Lipinski definition) is 3. The predicted molar refractivity (Wildman–Crippen MR) is 73.4 cm³/mol. The Bertz CT molecular complexity index is 565. The third kappa shape index (κ3) is 1.94. The van der Waals surface area contributed by atoms with Gasteiger partial charge in [-0.2, -0.15) is 5.10 Å². The van der Waals surface area contributed by atoms with E-state index in [1.807, 2.05) is 23.8 Å². The summed E-state index contributed by atoms with van der Waals surface area (Å²) in [6.45, 7) is 6.14. The number of aryl methyl sites for hydroxylation is 1. The van der Waals surface area contributed by atoms with Crippen LogP contribution in [-0.4, -0.2) is 33.1 Å². The van der Waals surface area contributed by atoms with E-state index in [9.17, 15) is 0 Å². The molecule has 1 saturated heterocycles. The first-order valence-corrected chi connectivity index (χ1v) is 6.79. The molecule has 3 heterocycles. The van der Waals surface area contributed by atoms with E-state index < -0.39 is 0 Å². The Kier molecular flexibility index (Phi) is 2.90. The summed E-state index contributed by atoms with van der Waals surface area (Å²) in [4.78, 5) is 6.84. The minimum atomic E-state index is 0.285. The number of aromatic nitrogens is 3. The van der Waals surface area contributed by atoms with Crippen LogP contribution in [0.4, 0.5) is 5.82 Å². The van der Waals surface area contributed by atoms with Gasteiger partial charge in [0.2, 0.25) is 0 Å². The van der Waals surface area contributed by atoms with Crippen LogP contribution in [0.3, 0.4) is 0 Å². The zero-order valence-corrected chi connectivity index (χ0v) is 11.4. The lowest BCUT2D eigenvalue weighted by atomic mass is 9.99. The van der Waals surface area contributed by atoms with Crippen molar-refractivity contribution in [2.75, 3.05) is 18.0 Å². The lowest BCUT2D eigenvalue weighted by Crippen LogP contribution is -2.40. The van der Waals surface area contributed by atoms with Crippen molar-refractivity contribution in [2.24, 2.45) is 5.92 Å². The van der Waals surface area contributed by atoms with Crippen molar-refractivity contribution >= 4 is 22.9 Å². The number of anilines is 1. The Hall–Kier alpha value is -1.29. The average Bonchev–Trinajstić information content (AvgIpc) is 2.72. The van der Waals surface area contributed by atoms with Gasteiger partial charge in [-0.05, 0) is 25.3 Å². The van der Waals surface area contributed by atoms with Crippen LogP contribution in [-0.2, 0) is 0 Å². The van der Waals surface area contributed by atoms with Gasteiger partial charge in [0.15, 0.2) is 5.82 Å². The molecule has 2 atom stereocenters. The van der Waals surface area contributed by atoms with Crippen LogP contribution in [0.1, 0.15) is 19.0 Å². The van der Waals surface area contributed by atoms with Crippen LogP contribution in [0.25, 0.3) is 5.52 Å². The third-order valence-electron chi connectivity index (χ3n) is 3.59. The Morgan fingerprint density at radius 1 is 1.44 bits per heavy atom. The fourth-order valence-electron chi connectivity index (χ4n) is 2.58. The molecular weight excluding hydrogens is 248 g/mol. The van der Waals surface area contributed by atoms with Gasteiger partial charge in [0.05, 0.1) is 5.69 Å². The highest BCUT2D eigenvalue weighted by molar-refractivity contribution is 6.20. The van der Waals surface area contributed by atoms with Crippen LogP contribution in [0.15, 0.2) is 18.5 Å². The van der Waals surface area contributed by atoms with E-state index in [1.54, 1.807) is 0 Å². The first-order valence-electron chi connectivity index (χ1n) is 6.35. The maximum absolute atomic E-state index is 6.28. The molecule has 0 saturated carbocycles. The van der Waals surface area contributed by atoms with Crippen LogP contribution in [0.2, 0.25) is 0 Å². The fourth-order valence-corrected chi connectivity index (χ4v) is 2.76. The highest BCUT2D eigenvalue weighted by atomic mass is 35.5. The van der Waals surface area contributed by atoms with E-state index in [-0.39, 0.29) is 5.38 Å². The molecule has 2 aromatic heterocycles. The molecule has 3 rings (SSSR count). The summed E-state index contributed by atoms with van der Waals surface area (Å²) < 4.78 is 1.90. The van der Waals surface area contributed by atoms with Crippen LogP contribution < -0.4 is 4.90 Å². The first kappa shape index (κ1) is 11.8. The minimum absolute atomic E-state index is 0.285. The van der Waals surface area contributed by atoms with Gasteiger partial charge in [-0.25, -0.2) is 9.50 Å². The van der Waals surface area contributed by atoms with Crippen molar-refractivity contribution in [3.63, 3.8) is 0 Å². The molecular formula is C13H17ClN4. The molecule has 4 nitrogen and oxygen atoms in total. The molecule has 18 heavy (non-hydrogen) atoms. The van der Waals surface area contributed by atoms with Crippen LogP contribution >= 0.6 is 11.6 Å². The standard InChI is InChI=1S/C13H17ClN4/c1-9-8-17(5-3-11(9)14)13-12-7-10(2)16-18(12)6-4-15-13/h4,6-7,9,11H,3,5,8H2,1-2H3. The molecule has 0 aliphatic carbocycles. The van der Waals surface area contributed by atoms with Crippen molar-refractivity contribution in [1.82, 2.24) is 14.6 Å². The van der Waals surface area contributed by atoms with E-state index in [1.165, 1.54) is 0 Å². The maximum atomic E-state index is 6.28. The molecule has 96 valence electrons. The number of fused-ring (bicyclic) bond motifs is 1. The third-order valence-corrected chi connectivity index (χ3v) is 4.24. The Labute approximate surface area is 112 Å². The molecule has 0 aromatic carbocycles. The molecule has 5 heteroatoms. The quantitative estimate of drug-likeness (QED) is 0.742. The van der Waals surface area contributed by atoms with E-state index in [0.717, 1.165) is 36.5 Å². The van der Waals surface area contributed by atoms with Gasteiger partial charge in [0, 0.05) is 30.9 Å². The number of piperidine rings is 1. The van der Waals surface area contributed by atoms with Gasteiger partial charge in [0.25, 0.3) is 0 Å². The molecule has 0 bridgehead atoms. The first-order chi connectivity index (χ1) is 8.65. The van der Waals surface area contributed by atoms with E-state index in [4.69, 9.17) is 11.6 Å².